The van der Waals surface area contributed by atoms with Crippen molar-refractivity contribution in [3.05, 3.63) is 56.7 Å². The van der Waals surface area contributed by atoms with Crippen LogP contribution in [0.1, 0.15) is 0 Å². The van der Waals surface area contributed by atoms with Gasteiger partial charge in [0.15, 0.2) is 0 Å². The van der Waals surface area contributed by atoms with E-state index in [1.807, 2.05) is 0 Å². The summed E-state index contributed by atoms with van der Waals surface area (Å²) in [5.74, 6) is -0.575. The fourth-order valence-corrected chi connectivity index (χ4v) is 3.48. The molecule has 0 radical (unpaired) electrons. The molecule has 0 atom stereocenters. The smallest absolute Gasteiger partial charge is 0.261 e. The van der Waals surface area contributed by atoms with Gasteiger partial charge in [0.2, 0.25) is 0 Å². The summed E-state index contributed by atoms with van der Waals surface area (Å²) in [6, 6.07) is 7.82. The summed E-state index contributed by atoms with van der Waals surface area (Å²) in [5.41, 5.74) is 0.0989. The third kappa shape index (κ3) is 3.63. The molecule has 3 nitrogen and oxygen atoms in total. The van der Waals surface area contributed by atoms with E-state index < -0.39 is 15.8 Å². The van der Waals surface area contributed by atoms with E-state index in [0.29, 0.717) is 0 Å². The van der Waals surface area contributed by atoms with Crippen molar-refractivity contribution >= 4 is 54.8 Å². The predicted octanol–water partition coefficient (Wildman–Crippen LogP) is 4.70. The van der Waals surface area contributed by atoms with Gasteiger partial charge in [0.1, 0.15) is 5.82 Å². The van der Waals surface area contributed by atoms with E-state index in [-0.39, 0.29) is 25.1 Å². The van der Waals surface area contributed by atoms with Crippen molar-refractivity contribution in [3.8, 4) is 0 Å². The average molecular weight is 399 g/mol. The van der Waals surface area contributed by atoms with Crippen molar-refractivity contribution in [2.24, 2.45) is 0 Å². The Morgan fingerprint density at radius 2 is 1.65 bits per heavy atom. The number of hydrogen-bond acceptors (Lipinski definition) is 2. The van der Waals surface area contributed by atoms with E-state index >= 15 is 0 Å². The summed E-state index contributed by atoms with van der Waals surface area (Å²) in [5, 5.41) is 0.389. The molecule has 0 aromatic heterocycles. The second-order valence-corrected chi connectivity index (χ2v) is 7.25. The highest BCUT2D eigenvalue weighted by Crippen LogP contribution is 2.25. The fraction of sp³-hybridized carbons (Fsp3) is 0. The SMILES string of the molecule is O=S(=O)(Nc1ccc(Br)c(F)c1)c1cc(Cl)cc(Cl)c1. The standard InChI is InChI=1S/C12H7BrCl2FNO2S/c13-11-2-1-9(6-12(11)16)17-20(18,19)10-4-7(14)3-8(15)5-10/h1-6,17H. The van der Waals surface area contributed by atoms with Crippen LogP contribution in [0.15, 0.2) is 45.8 Å². The number of benzene rings is 2. The van der Waals surface area contributed by atoms with Gasteiger partial charge in [-0.1, -0.05) is 23.2 Å². The maximum absolute atomic E-state index is 13.4. The Hall–Kier alpha value is -0.820. The fourth-order valence-electron chi connectivity index (χ4n) is 1.46. The molecule has 2 aromatic rings. The molecule has 20 heavy (non-hydrogen) atoms. The molecule has 106 valence electrons. The van der Waals surface area contributed by atoms with Gasteiger partial charge in [0.05, 0.1) is 15.1 Å². The van der Waals surface area contributed by atoms with E-state index in [1.165, 1.54) is 30.3 Å². The number of hydrogen-bond donors (Lipinski definition) is 1. The Morgan fingerprint density at radius 1 is 1.05 bits per heavy atom. The van der Waals surface area contributed by atoms with Gasteiger partial charge in [-0.2, -0.15) is 0 Å². The number of nitrogens with one attached hydrogen (secondary N) is 1. The third-order valence-electron chi connectivity index (χ3n) is 2.32. The molecule has 0 unspecified atom stereocenters. The summed E-state index contributed by atoms with van der Waals surface area (Å²) >= 11 is 14.5. The summed E-state index contributed by atoms with van der Waals surface area (Å²) in [7, 11) is -3.89. The van der Waals surface area contributed by atoms with E-state index in [2.05, 4.69) is 20.7 Å². The van der Waals surface area contributed by atoms with Crippen molar-refractivity contribution < 1.29 is 12.8 Å². The molecule has 0 bridgehead atoms. The van der Waals surface area contributed by atoms with Gasteiger partial charge in [-0.3, -0.25) is 4.72 Å². The zero-order valence-electron chi connectivity index (χ0n) is 9.70. The maximum atomic E-state index is 13.4. The molecule has 0 spiro atoms. The Morgan fingerprint density at radius 3 is 2.20 bits per heavy atom. The molecule has 1 N–H and O–H groups in total. The highest BCUT2D eigenvalue weighted by Gasteiger charge is 2.16. The first-order valence-corrected chi connectivity index (χ1v) is 8.25. The van der Waals surface area contributed by atoms with Crippen LogP contribution < -0.4 is 4.72 Å². The molecule has 0 fully saturated rings. The maximum Gasteiger partial charge on any atom is 0.261 e. The number of halogens is 4. The average Bonchev–Trinajstić information content (AvgIpc) is 2.32. The lowest BCUT2D eigenvalue weighted by molar-refractivity contribution is 0.601. The molecule has 0 saturated carbocycles. The zero-order valence-corrected chi connectivity index (χ0v) is 13.6. The Balaban J connectivity index is 2.37. The lowest BCUT2D eigenvalue weighted by Gasteiger charge is -2.09. The molecule has 0 heterocycles. The second kappa shape index (κ2) is 5.89. The molecule has 2 aromatic carbocycles. The minimum absolute atomic E-state index is 0.0988. The van der Waals surface area contributed by atoms with Gasteiger partial charge in [-0.05, 0) is 52.3 Å². The monoisotopic (exact) mass is 397 g/mol. The highest BCUT2D eigenvalue weighted by molar-refractivity contribution is 9.10. The molecular weight excluding hydrogens is 392 g/mol. The van der Waals surface area contributed by atoms with Crippen LogP contribution in [0.2, 0.25) is 10.0 Å². The van der Waals surface area contributed by atoms with Crippen LogP contribution >= 0.6 is 39.1 Å². The van der Waals surface area contributed by atoms with E-state index in [0.717, 1.165) is 6.07 Å². The second-order valence-electron chi connectivity index (χ2n) is 3.84. The first-order chi connectivity index (χ1) is 9.28. The Bertz CT molecular complexity index is 748. The molecule has 0 aliphatic rings. The molecule has 0 aliphatic carbocycles. The minimum atomic E-state index is -3.89. The molecule has 2 rings (SSSR count). The van der Waals surface area contributed by atoms with E-state index in [1.54, 1.807) is 0 Å². The summed E-state index contributed by atoms with van der Waals surface area (Å²) in [6.45, 7) is 0. The first kappa shape index (κ1) is 15.6. The largest absolute Gasteiger partial charge is 0.280 e. The molecule has 0 amide bonds. The quantitative estimate of drug-likeness (QED) is 0.814. The Kier molecular flexibility index (Phi) is 4.59. The van der Waals surface area contributed by atoms with Crippen LogP contribution in [-0.4, -0.2) is 8.42 Å². The molecule has 0 saturated heterocycles. The van der Waals surface area contributed by atoms with Crippen LogP contribution in [0.3, 0.4) is 0 Å². The van der Waals surface area contributed by atoms with E-state index in [4.69, 9.17) is 23.2 Å². The normalized spacial score (nSPS) is 11.4. The molecule has 8 heteroatoms. The predicted molar refractivity (Wildman–Crippen MR) is 81.4 cm³/mol. The minimum Gasteiger partial charge on any atom is -0.280 e. The van der Waals surface area contributed by atoms with Gasteiger partial charge in [-0.15, -0.1) is 0 Å². The van der Waals surface area contributed by atoms with Crippen LogP contribution in [0.25, 0.3) is 0 Å². The lowest BCUT2D eigenvalue weighted by atomic mass is 10.3. The summed E-state index contributed by atoms with van der Waals surface area (Å²) < 4.78 is 40.1. The number of sulfonamides is 1. The van der Waals surface area contributed by atoms with Gasteiger partial charge in [0, 0.05) is 10.0 Å². The highest BCUT2D eigenvalue weighted by atomic mass is 79.9. The van der Waals surface area contributed by atoms with Crippen molar-refractivity contribution in [1.29, 1.82) is 0 Å². The van der Waals surface area contributed by atoms with Crippen LogP contribution in [0, 0.1) is 5.82 Å². The van der Waals surface area contributed by atoms with Gasteiger partial charge in [0.25, 0.3) is 10.0 Å². The molecular formula is C12H7BrCl2FNO2S. The number of rotatable bonds is 3. The van der Waals surface area contributed by atoms with Crippen molar-refractivity contribution in [1.82, 2.24) is 0 Å². The van der Waals surface area contributed by atoms with Gasteiger partial charge >= 0.3 is 0 Å². The Labute approximate surface area is 133 Å². The van der Waals surface area contributed by atoms with Gasteiger partial charge < -0.3 is 0 Å². The summed E-state index contributed by atoms with van der Waals surface area (Å²) in [4.78, 5) is -0.0988. The van der Waals surface area contributed by atoms with E-state index in [9.17, 15) is 12.8 Å². The topological polar surface area (TPSA) is 46.2 Å². The van der Waals surface area contributed by atoms with Crippen molar-refractivity contribution in [2.75, 3.05) is 4.72 Å². The first-order valence-electron chi connectivity index (χ1n) is 5.22. The third-order valence-corrected chi connectivity index (χ3v) is 4.76. The van der Waals surface area contributed by atoms with Crippen molar-refractivity contribution in [2.45, 2.75) is 4.90 Å². The lowest BCUT2D eigenvalue weighted by Crippen LogP contribution is -2.13. The zero-order chi connectivity index (χ0) is 14.9. The van der Waals surface area contributed by atoms with Gasteiger partial charge in [-0.25, -0.2) is 12.8 Å². The summed E-state index contributed by atoms with van der Waals surface area (Å²) in [6.07, 6.45) is 0. The van der Waals surface area contributed by atoms with Crippen LogP contribution in [0.4, 0.5) is 10.1 Å². The van der Waals surface area contributed by atoms with Crippen LogP contribution in [-0.2, 0) is 10.0 Å². The van der Waals surface area contributed by atoms with Crippen LogP contribution in [0.5, 0.6) is 0 Å². The van der Waals surface area contributed by atoms with Crippen molar-refractivity contribution in [3.63, 3.8) is 0 Å². The molecule has 0 aliphatic heterocycles. The number of anilines is 1.